The number of hydrogen-bond donors (Lipinski definition) is 3. The summed E-state index contributed by atoms with van der Waals surface area (Å²) >= 11 is 6.02. The van der Waals surface area contributed by atoms with Crippen LogP contribution in [0, 0.1) is 5.82 Å². The Morgan fingerprint density at radius 3 is 2.58 bits per heavy atom. The van der Waals surface area contributed by atoms with Gasteiger partial charge in [-0.05, 0) is 29.8 Å². The maximum absolute atomic E-state index is 13.1. The van der Waals surface area contributed by atoms with Crippen LogP contribution in [0.4, 0.5) is 4.39 Å². The minimum absolute atomic E-state index is 0.141. The smallest absolute Gasteiger partial charge is 0.161 e. The Kier molecular flexibility index (Phi) is 8.64. The van der Waals surface area contributed by atoms with Crippen LogP contribution in [-0.4, -0.2) is 38.5 Å². The van der Waals surface area contributed by atoms with Gasteiger partial charge in [0.05, 0.1) is 18.7 Å². The SMILES string of the molecule is COc1cc(CNCCNCCO)ccc1OCc1ccc(F)cc1Cl. The molecule has 0 aliphatic carbocycles. The minimum Gasteiger partial charge on any atom is -0.493 e. The van der Waals surface area contributed by atoms with E-state index in [9.17, 15) is 4.39 Å². The monoisotopic (exact) mass is 382 g/mol. The van der Waals surface area contributed by atoms with E-state index in [-0.39, 0.29) is 19.0 Å². The number of benzene rings is 2. The predicted octanol–water partition coefficient (Wildman–Crippen LogP) is 2.74. The van der Waals surface area contributed by atoms with E-state index in [1.165, 1.54) is 12.1 Å². The van der Waals surface area contributed by atoms with Crippen LogP contribution < -0.4 is 20.1 Å². The molecule has 142 valence electrons. The van der Waals surface area contributed by atoms with Crippen LogP contribution in [0.25, 0.3) is 0 Å². The van der Waals surface area contributed by atoms with Gasteiger partial charge in [-0.15, -0.1) is 0 Å². The Morgan fingerprint density at radius 1 is 1.04 bits per heavy atom. The molecule has 3 N–H and O–H groups in total. The molecule has 2 aromatic carbocycles. The number of ether oxygens (including phenoxy) is 2. The van der Waals surface area contributed by atoms with Crippen LogP contribution in [-0.2, 0) is 13.2 Å². The lowest BCUT2D eigenvalue weighted by Crippen LogP contribution is -2.28. The highest BCUT2D eigenvalue weighted by Crippen LogP contribution is 2.29. The molecule has 0 aliphatic rings. The molecular weight excluding hydrogens is 359 g/mol. The van der Waals surface area contributed by atoms with Crippen molar-refractivity contribution in [2.24, 2.45) is 0 Å². The Bertz CT molecular complexity index is 700. The van der Waals surface area contributed by atoms with Gasteiger partial charge in [0.2, 0.25) is 0 Å². The summed E-state index contributed by atoms with van der Waals surface area (Å²) in [6, 6.07) is 9.94. The molecule has 5 nitrogen and oxygen atoms in total. The fourth-order valence-corrected chi connectivity index (χ4v) is 2.57. The summed E-state index contributed by atoms with van der Waals surface area (Å²) in [7, 11) is 1.59. The molecule has 0 spiro atoms. The van der Waals surface area contributed by atoms with Crippen molar-refractivity contribution in [3.8, 4) is 11.5 Å². The number of halogens is 2. The van der Waals surface area contributed by atoms with E-state index < -0.39 is 0 Å². The molecule has 0 saturated carbocycles. The van der Waals surface area contributed by atoms with Crippen LogP contribution >= 0.6 is 11.6 Å². The van der Waals surface area contributed by atoms with Crippen molar-refractivity contribution < 1.29 is 19.0 Å². The standard InChI is InChI=1S/C19H24ClFN2O3/c1-25-19-10-14(12-23-7-6-22-8-9-24)2-5-18(19)26-13-15-3-4-16(21)11-17(15)20/h2-5,10-11,22-24H,6-9,12-13H2,1H3. The first kappa shape index (κ1) is 20.5. The van der Waals surface area contributed by atoms with E-state index in [1.54, 1.807) is 13.2 Å². The second kappa shape index (κ2) is 11.0. The normalized spacial score (nSPS) is 10.8. The highest BCUT2D eigenvalue weighted by Gasteiger charge is 2.08. The van der Waals surface area contributed by atoms with E-state index >= 15 is 0 Å². The first-order chi connectivity index (χ1) is 12.6. The maximum Gasteiger partial charge on any atom is 0.161 e. The van der Waals surface area contributed by atoms with Gasteiger partial charge in [-0.25, -0.2) is 4.39 Å². The van der Waals surface area contributed by atoms with Gasteiger partial charge in [0.1, 0.15) is 12.4 Å². The van der Waals surface area contributed by atoms with E-state index in [4.69, 9.17) is 26.2 Å². The number of nitrogens with one attached hydrogen (secondary N) is 2. The zero-order valence-electron chi connectivity index (χ0n) is 14.7. The summed E-state index contributed by atoms with van der Waals surface area (Å²) in [5.74, 6) is 0.849. The van der Waals surface area contributed by atoms with E-state index in [2.05, 4.69) is 10.6 Å². The van der Waals surface area contributed by atoms with Gasteiger partial charge in [-0.1, -0.05) is 23.7 Å². The Labute approximate surface area is 158 Å². The third kappa shape index (κ3) is 6.46. The average Bonchev–Trinajstić information content (AvgIpc) is 2.64. The lowest BCUT2D eigenvalue weighted by atomic mass is 10.2. The van der Waals surface area contributed by atoms with Gasteiger partial charge in [-0.3, -0.25) is 0 Å². The summed E-state index contributed by atoms with van der Waals surface area (Å²) in [5.41, 5.74) is 1.77. The number of methoxy groups -OCH3 is 1. The summed E-state index contributed by atoms with van der Waals surface area (Å²) in [5, 5.41) is 15.4. The molecule has 2 rings (SSSR count). The van der Waals surface area contributed by atoms with Crippen molar-refractivity contribution in [1.82, 2.24) is 10.6 Å². The molecule has 2 aromatic rings. The van der Waals surface area contributed by atoms with Crippen molar-refractivity contribution in [2.75, 3.05) is 33.4 Å². The fraction of sp³-hybridized carbons (Fsp3) is 0.368. The van der Waals surface area contributed by atoms with Gasteiger partial charge in [0.15, 0.2) is 11.5 Å². The second-order valence-electron chi connectivity index (χ2n) is 5.66. The molecule has 0 fully saturated rings. The van der Waals surface area contributed by atoms with Gasteiger partial charge in [0, 0.05) is 31.7 Å². The Hall–Kier alpha value is -1.86. The van der Waals surface area contributed by atoms with Crippen molar-refractivity contribution in [2.45, 2.75) is 13.2 Å². The Morgan fingerprint density at radius 2 is 1.85 bits per heavy atom. The van der Waals surface area contributed by atoms with Gasteiger partial charge in [0.25, 0.3) is 0 Å². The molecular formula is C19H24ClFN2O3. The third-order valence-corrected chi connectivity index (χ3v) is 4.07. The topological polar surface area (TPSA) is 62.8 Å². The molecule has 26 heavy (non-hydrogen) atoms. The first-order valence-electron chi connectivity index (χ1n) is 8.40. The fourth-order valence-electron chi connectivity index (χ4n) is 2.35. The van der Waals surface area contributed by atoms with Gasteiger partial charge in [-0.2, -0.15) is 0 Å². The van der Waals surface area contributed by atoms with Gasteiger partial charge < -0.3 is 25.2 Å². The molecule has 0 radical (unpaired) electrons. The highest BCUT2D eigenvalue weighted by molar-refractivity contribution is 6.31. The number of aliphatic hydroxyl groups is 1. The first-order valence-corrected chi connectivity index (χ1v) is 8.77. The minimum atomic E-state index is -0.375. The van der Waals surface area contributed by atoms with Crippen LogP contribution in [0.2, 0.25) is 5.02 Å². The van der Waals surface area contributed by atoms with E-state index in [0.29, 0.717) is 35.2 Å². The summed E-state index contributed by atoms with van der Waals surface area (Å²) in [4.78, 5) is 0. The number of hydrogen-bond acceptors (Lipinski definition) is 5. The number of rotatable bonds is 11. The molecule has 0 heterocycles. The van der Waals surface area contributed by atoms with Crippen molar-refractivity contribution >= 4 is 11.6 Å². The zero-order chi connectivity index (χ0) is 18.8. The van der Waals surface area contributed by atoms with Crippen molar-refractivity contribution in [3.63, 3.8) is 0 Å². The molecule has 0 unspecified atom stereocenters. The third-order valence-electron chi connectivity index (χ3n) is 3.72. The van der Waals surface area contributed by atoms with E-state index in [0.717, 1.165) is 18.7 Å². The molecule has 0 amide bonds. The van der Waals surface area contributed by atoms with Crippen LogP contribution in [0.5, 0.6) is 11.5 Å². The lowest BCUT2D eigenvalue weighted by Gasteiger charge is -2.13. The molecule has 0 saturated heterocycles. The van der Waals surface area contributed by atoms with Crippen LogP contribution in [0.15, 0.2) is 36.4 Å². The van der Waals surface area contributed by atoms with Crippen LogP contribution in [0.3, 0.4) is 0 Å². The largest absolute Gasteiger partial charge is 0.493 e. The van der Waals surface area contributed by atoms with E-state index in [1.807, 2.05) is 18.2 Å². The summed E-state index contributed by atoms with van der Waals surface area (Å²) in [6.45, 7) is 3.24. The molecule has 7 heteroatoms. The van der Waals surface area contributed by atoms with Gasteiger partial charge >= 0.3 is 0 Å². The maximum atomic E-state index is 13.1. The molecule has 0 aromatic heterocycles. The zero-order valence-corrected chi connectivity index (χ0v) is 15.5. The van der Waals surface area contributed by atoms with Crippen molar-refractivity contribution in [3.05, 3.63) is 58.4 Å². The Balaban J connectivity index is 1.89. The van der Waals surface area contributed by atoms with Crippen LogP contribution in [0.1, 0.15) is 11.1 Å². The summed E-state index contributed by atoms with van der Waals surface area (Å²) in [6.07, 6.45) is 0. The molecule has 0 aliphatic heterocycles. The number of aliphatic hydroxyl groups excluding tert-OH is 1. The lowest BCUT2D eigenvalue weighted by molar-refractivity contribution is 0.284. The predicted molar refractivity (Wildman–Crippen MR) is 100 cm³/mol. The average molecular weight is 383 g/mol. The van der Waals surface area contributed by atoms with Crippen molar-refractivity contribution in [1.29, 1.82) is 0 Å². The summed E-state index contributed by atoms with van der Waals surface area (Å²) < 4.78 is 24.3. The molecule has 0 atom stereocenters. The molecule has 0 bridgehead atoms. The quantitative estimate of drug-likeness (QED) is 0.522. The highest BCUT2D eigenvalue weighted by atomic mass is 35.5. The second-order valence-corrected chi connectivity index (χ2v) is 6.07.